The van der Waals surface area contributed by atoms with Crippen LogP contribution in [0.1, 0.15) is 10.4 Å². The van der Waals surface area contributed by atoms with Crippen molar-refractivity contribution in [2.24, 2.45) is 0 Å². The molecule has 1 saturated heterocycles. The minimum Gasteiger partial charge on any atom is -0.480 e. The summed E-state index contributed by atoms with van der Waals surface area (Å²) in [5, 5.41) is 6.00. The van der Waals surface area contributed by atoms with Crippen LogP contribution in [-0.4, -0.2) is 50.3 Å². The molecule has 1 aromatic heterocycles. The molecule has 7 nitrogen and oxygen atoms in total. The Bertz CT molecular complexity index is 492. The number of pyridine rings is 1. The maximum Gasteiger partial charge on any atom is 0.256 e. The normalized spacial score (nSPS) is 18.6. The highest BCUT2D eigenvalue weighted by atomic mass is 79.9. The number of rotatable bonds is 4. The Morgan fingerprint density at radius 3 is 3.20 bits per heavy atom. The van der Waals surface area contributed by atoms with Gasteiger partial charge >= 0.3 is 0 Å². The van der Waals surface area contributed by atoms with E-state index in [4.69, 9.17) is 15.2 Å². The van der Waals surface area contributed by atoms with Crippen LogP contribution in [0, 0.1) is 0 Å². The first kappa shape index (κ1) is 15.0. The standard InChI is InChI=1S/C12H17BrN4O3/c1-19-12-8(4-9(13)10(14)17-12)11(18)16-6-7-5-15-2-3-20-7/h4,7,15H,2-3,5-6H2,1H3,(H2,14,17)(H,16,18). The maximum atomic E-state index is 12.2. The van der Waals surface area contributed by atoms with E-state index in [0.29, 0.717) is 23.2 Å². The van der Waals surface area contributed by atoms with Crippen molar-refractivity contribution in [3.63, 3.8) is 0 Å². The molecule has 0 saturated carbocycles. The summed E-state index contributed by atoms with van der Waals surface area (Å²) >= 11 is 3.25. The predicted octanol–water partition coefficient (Wildman–Crippen LogP) is 0.153. The van der Waals surface area contributed by atoms with E-state index < -0.39 is 0 Å². The van der Waals surface area contributed by atoms with Gasteiger partial charge in [-0.15, -0.1) is 0 Å². The molecule has 2 heterocycles. The molecule has 20 heavy (non-hydrogen) atoms. The molecule has 1 unspecified atom stereocenters. The predicted molar refractivity (Wildman–Crippen MR) is 77.8 cm³/mol. The molecule has 0 aliphatic carbocycles. The fourth-order valence-corrected chi connectivity index (χ4v) is 2.17. The number of methoxy groups -OCH3 is 1. The Labute approximate surface area is 125 Å². The van der Waals surface area contributed by atoms with Crippen LogP contribution in [0.3, 0.4) is 0 Å². The van der Waals surface area contributed by atoms with E-state index in [0.717, 1.165) is 13.1 Å². The largest absolute Gasteiger partial charge is 0.480 e. The molecule has 0 bridgehead atoms. The van der Waals surface area contributed by atoms with Crippen LogP contribution in [0.5, 0.6) is 5.88 Å². The van der Waals surface area contributed by atoms with Crippen LogP contribution < -0.4 is 21.1 Å². The second-order valence-corrected chi connectivity index (χ2v) is 5.17. The number of amides is 1. The van der Waals surface area contributed by atoms with Gasteiger partial charge in [0.15, 0.2) is 0 Å². The molecule has 0 spiro atoms. The average molecular weight is 345 g/mol. The number of halogens is 1. The first-order chi connectivity index (χ1) is 9.61. The van der Waals surface area contributed by atoms with Gasteiger partial charge in [0.25, 0.3) is 5.91 Å². The number of nitrogens with one attached hydrogen (secondary N) is 2. The first-order valence-corrected chi connectivity index (χ1v) is 7.01. The Hall–Kier alpha value is -1.38. The molecule has 1 aromatic rings. The van der Waals surface area contributed by atoms with Gasteiger partial charge in [0.1, 0.15) is 11.4 Å². The van der Waals surface area contributed by atoms with Crippen molar-refractivity contribution < 1.29 is 14.3 Å². The van der Waals surface area contributed by atoms with Crippen molar-refractivity contribution in [2.45, 2.75) is 6.10 Å². The molecular formula is C12H17BrN4O3. The summed E-state index contributed by atoms with van der Waals surface area (Å²) in [5.74, 6) is 0.202. The molecule has 1 aliphatic heterocycles. The SMILES string of the molecule is COc1nc(N)c(Br)cc1C(=O)NCC1CNCCO1. The zero-order valence-electron chi connectivity index (χ0n) is 11.1. The number of ether oxygens (including phenoxy) is 2. The van der Waals surface area contributed by atoms with Gasteiger partial charge in [0, 0.05) is 19.6 Å². The summed E-state index contributed by atoms with van der Waals surface area (Å²) in [6.45, 7) is 2.64. The second kappa shape index (κ2) is 6.87. The number of nitrogen functional groups attached to an aromatic ring is 1. The van der Waals surface area contributed by atoms with E-state index >= 15 is 0 Å². The molecule has 0 aromatic carbocycles. The summed E-state index contributed by atoms with van der Waals surface area (Å²) in [6.07, 6.45) is -0.0242. The van der Waals surface area contributed by atoms with Crippen LogP contribution in [0.15, 0.2) is 10.5 Å². The van der Waals surface area contributed by atoms with Crippen molar-refractivity contribution in [3.8, 4) is 5.88 Å². The van der Waals surface area contributed by atoms with Gasteiger partial charge in [-0.1, -0.05) is 0 Å². The van der Waals surface area contributed by atoms with Crippen molar-refractivity contribution in [2.75, 3.05) is 39.1 Å². The van der Waals surface area contributed by atoms with E-state index in [-0.39, 0.29) is 23.7 Å². The zero-order valence-corrected chi connectivity index (χ0v) is 12.7. The van der Waals surface area contributed by atoms with E-state index in [1.165, 1.54) is 7.11 Å². The highest BCUT2D eigenvalue weighted by molar-refractivity contribution is 9.10. The molecular weight excluding hydrogens is 328 g/mol. The lowest BCUT2D eigenvalue weighted by atomic mass is 10.2. The molecule has 1 aliphatic rings. The Morgan fingerprint density at radius 1 is 1.75 bits per heavy atom. The Morgan fingerprint density at radius 2 is 2.55 bits per heavy atom. The van der Waals surface area contributed by atoms with Crippen LogP contribution in [-0.2, 0) is 4.74 Å². The highest BCUT2D eigenvalue weighted by Crippen LogP contribution is 2.25. The lowest BCUT2D eigenvalue weighted by Gasteiger charge is -2.23. The van der Waals surface area contributed by atoms with E-state index in [9.17, 15) is 4.79 Å². The minimum atomic E-state index is -0.274. The van der Waals surface area contributed by atoms with Crippen molar-refractivity contribution >= 4 is 27.7 Å². The number of nitrogens with two attached hydrogens (primary N) is 1. The maximum absolute atomic E-state index is 12.2. The zero-order chi connectivity index (χ0) is 14.5. The number of carbonyl (C=O) groups is 1. The fraction of sp³-hybridized carbons (Fsp3) is 0.500. The van der Waals surface area contributed by atoms with Gasteiger partial charge in [-0.25, -0.2) is 0 Å². The first-order valence-electron chi connectivity index (χ1n) is 6.22. The summed E-state index contributed by atoms with van der Waals surface area (Å²) in [7, 11) is 1.45. The third-order valence-electron chi connectivity index (χ3n) is 2.90. The number of morpholine rings is 1. The molecule has 0 radical (unpaired) electrons. The van der Waals surface area contributed by atoms with Gasteiger partial charge in [0.2, 0.25) is 5.88 Å². The molecule has 4 N–H and O–H groups in total. The van der Waals surface area contributed by atoms with Gasteiger partial charge in [-0.05, 0) is 22.0 Å². The molecule has 8 heteroatoms. The smallest absolute Gasteiger partial charge is 0.256 e. The van der Waals surface area contributed by atoms with E-state index in [2.05, 4.69) is 31.5 Å². The molecule has 1 fully saturated rings. The lowest BCUT2D eigenvalue weighted by Crippen LogP contribution is -2.45. The molecule has 1 amide bonds. The van der Waals surface area contributed by atoms with Crippen molar-refractivity contribution in [1.29, 1.82) is 0 Å². The van der Waals surface area contributed by atoms with E-state index in [1.807, 2.05) is 0 Å². The van der Waals surface area contributed by atoms with Crippen LogP contribution in [0.2, 0.25) is 0 Å². The Balaban J connectivity index is 2.02. The highest BCUT2D eigenvalue weighted by Gasteiger charge is 2.19. The average Bonchev–Trinajstić information content (AvgIpc) is 2.48. The second-order valence-electron chi connectivity index (χ2n) is 4.32. The topological polar surface area (TPSA) is 98.5 Å². The fourth-order valence-electron chi connectivity index (χ4n) is 1.86. The Kier molecular flexibility index (Phi) is 5.16. The number of aromatic nitrogens is 1. The molecule has 110 valence electrons. The lowest BCUT2D eigenvalue weighted by molar-refractivity contribution is 0.0287. The van der Waals surface area contributed by atoms with Crippen LogP contribution >= 0.6 is 15.9 Å². The summed E-state index contributed by atoms with van der Waals surface area (Å²) in [4.78, 5) is 16.2. The van der Waals surface area contributed by atoms with Crippen LogP contribution in [0.25, 0.3) is 0 Å². The quantitative estimate of drug-likeness (QED) is 0.719. The van der Waals surface area contributed by atoms with Gasteiger partial charge in [-0.2, -0.15) is 4.98 Å². The molecule has 2 rings (SSSR count). The molecule has 1 atom stereocenters. The summed E-state index contributed by atoms with van der Waals surface area (Å²) in [5.41, 5.74) is 5.99. The summed E-state index contributed by atoms with van der Waals surface area (Å²) < 4.78 is 11.1. The van der Waals surface area contributed by atoms with E-state index in [1.54, 1.807) is 6.07 Å². The number of hydrogen-bond donors (Lipinski definition) is 3. The third-order valence-corrected chi connectivity index (χ3v) is 3.54. The minimum absolute atomic E-state index is 0.0242. The monoisotopic (exact) mass is 344 g/mol. The van der Waals surface area contributed by atoms with Crippen molar-refractivity contribution in [3.05, 3.63) is 16.1 Å². The summed E-state index contributed by atoms with van der Waals surface area (Å²) in [6, 6.07) is 1.59. The number of hydrogen-bond acceptors (Lipinski definition) is 6. The van der Waals surface area contributed by atoms with Gasteiger partial charge < -0.3 is 25.8 Å². The number of carbonyl (C=O) groups excluding carboxylic acids is 1. The van der Waals surface area contributed by atoms with Gasteiger partial charge in [0.05, 0.1) is 24.3 Å². The van der Waals surface area contributed by atoms with Crippen LogP contribution in [0.4, 0.5) is 5.82 Å². The number of anilines is 1. The number of nitrogens with zero attached hydrogens (tertiary/aromatic N) is 1. The van der Waals surface area contributed by atoms with Gasteiger partial charge in [-0.3, -0.25) is 4.79 Å². The third kappa shape index (κ3) is 3.59. The van der Waals surface area contributed by atoms with Crippen molar-refractivity contribution in [1.82, 2.24) is 15.6 Å².